The van der Waals surface area contributed by atoms with E-state index in [2.05, 4.69) is 20.3 Å². The maximum Gasteiger partial charge on any atom is 0.250 e. The fourth-order valence-electron chi connectivity index (χ4n) is 3.64. The first-order chi connectivity index (χ1) is 16.9. The van der Waals surface area contributed by atoms with Gasteiger partial charge in [0.25, 0.3) is 5.56 Å². The van der Waals surface area contributed by atoms with Gasteiger partial charge in [0.15, 0.2) is 0 Å². The molecule has 4 rings (SSSR count). The summed E-state index contributed by atoms with van der Waals surface area (Å²) in [7, 11) is 3.75. The minimum Gasteiger partial charge on any atom is -0.398 e. The molecule has 0 spiro atoms. The second kappa shape index (κ2) is 10.3. The third-order valence-corrected chi connectivity index (χ3v) is 5.66. The number of nitrogens with two attached hydrogens (primary N) is 1. The van der Waals surface area contributed by atoms with E-state index in [4.69, 9.17) is 5.73 Å². The van der Waals surface area contributed by atoms with Crippen LogP contribution < -0.4 is 16.6 Å². The normalized spacial score (nSPS) is 11.6. The molecule has 0 atom stereocenters. The Morgan fingerprint density at radius 1 is 1.14 bits per heavy atom. The molecule has 35 heavy (non-hydrogen) atoms. The van der Waals surface area contributed by atoms with Gasteiger partial charge in [-0.2, -0.15) is 0 Å². The number of allylic oxidation sites excluding steroid dienone is 1. The van der Waals surface area contributed by atoms with Crippen molar-refractivity contribution >= 4 is 11.5 Å². The lowest BCUT2D eigenvalue weighted by atomic mass is 10.1. The van der Waals surface area contributed by atoms with Crippen molar-refractivity contribution in [3.63, 3.8) is 0 Å². The number of imidazole rings is 1. The third-order valence-electron chi connectivity index (χ3n) is 5.66. The second-order valence-electron chi connectivity index (χ2n) is 8.22. The van der Waals surface area contributed by atoms with Gasteiger partial charge in [0.05, 0.1) is 24.1 Å². The molecule has 0 radical (unpaired) electrons. The largest absolute Gasteiger partial charge is 0.398 e. The molecule has 0 aliphatic heterocycles. The highest BCUT2D eigenvalue weighted by Crippen LogP contribution is 2.18. The number of pyridine rings is 1. The molecule has 3 heterocycles. The maximum atomic E-state index is 13.0. The van der Waals surface area contributed by atoms with Crippen molar-refractivity contribution in [3.8, 4) is 11.3 Å². The SMILES string of the molecule is CNCc1ccc(C(N)=CC(=O)c2nc(-c3ccc(=O)n(Cc4nccn4C)c3)cnc2C)cc1. The monoisotopic (exact) mass is 469 g/mol. The number of nitrogens with zero attached hydrogens (tertiary/aromatic N) is 5. The third kappa shape index (κ3) is 5.42. The van der Waals surface area contributed by atoms with Crippen LogP contribution in [-0.2, 0) is 20.1 Å². The summed E-state index contributed by atoms with van der Waals surface area (Å²) in [6.45, 7) is 2.79. The van der Waals surface area contributed by atoms with Crippen LogP contribution in [0.5, 0.6) is 0 Å². The van der Waals surface area contributed by atoms with Crippen molar-refractivity contribution in [2.75, 3.05) is 7.05 Å². The molecule has 3 N–H and O–H groups in total. The van der Waals surface area contributed by atoms with Gasteiger partial charge >= 0.3 is 0 Å². The number of aryl methyl sites for hydroxylation is 2. The minimum atomic E-state index is -0.338. The Bertz CT molecular complexity index is 1450. The molecule has 178 valence electrons. The number of hydrogen-bond donors (Lipinski definition) is 2. The molecule has 4 aromatic rings. The summed E-state index contributed by atoms with van der Waals surface area (Å²) < 4.78 is 3.41. The zero-order valence-corrected chi connectivity index (χ0v) is 19.9. The van der Waals surface area contributed by atoms with Gasteiger partial charge in [-0.05, 0) is 31.2 Å². The molecule has 0 amide bonds. The standard InChI is InChI=1S/C26H27N7O2/c1-17-26(23(34)12-21(27)19-6-4-18(5-7-19)13-28-2)31-22(14-30-17)20-8-9-25(35)33(15-20)16-24-29-10-11-32(24)3/h4-12,14-15,28H,13,16,27H2,1-3H3. The molecular formula is C26H27N7O2. The van der Waals surface area contributed by atoms with Crippen LogP contribution in [0.15, 0.2) is 72.1 Å². The summed E-state index contributed by atoms with van der Waals surface area (Å²) in [4.78, 5) is 38.6. The van der Waals surface area contributed by atoms with Gasteiger partial charge in [0.1, 0.15) is 11.5 Å². The Morgan fingerprint density at radius 3 is 2.60 bits per heavy atom. The average Bonchev–Trinajstić information content (AvgIpc) is 3.25. The van der Waals surface area contributed by atoms with Crippen LogP contribution >= 0.6 is 0 Å². The molecule has 9 nitrogen and oxygen atoms in total. The van der Waals surface area contributed by atoms with E-state index < -0.39 is 0 Å². The Kier molecular flexibility index (Phi) is 6.98. The number of nitrogens with one attached hydrogen (secondary N) is 1. The van der Waals surface area contributed by atoms with E-state index >= 15 is 0 Å². The topological polar surface area (TPSA) is 121 Å². The van der Waals surface area contributed by atoms with Crippen LogP contribution in [-0.4, -0.2) is 36.9 Å². The van der Waals surface area contributed by atoms with Crippen molar-refractivity contribution in [2.24, 2.45) is 12.8 Å². The van der Waals surface area contributed by atoms with Crippen LogP contribution in [0.1, 0.15) is 33.1 Å². The molecule has 0 fully saturated rings. The predicted molar refractivity (Wildman–Crippen MR) is 134 cm³/mol. The summed E-state index contributed by atoms with van der Waals surface area (Å²) in [5, 5.41) is 3.09. The van der Waals surface area contributed by atoms with Gasteiger partial charge in [0.2, 0.25) is 5.78 Å². The van der Waals surface area contributed by atoms with Crippen LogP contribution in [0, 0.1) is 6.92 Å². The Morgan fingerprint density at radius 2 is 1.91 bits per heavy atom. The molecule has 0 aliphatic rings. The lowest BCUT2D eigenvalue weighted by molar-refractivity contribution is 0.104. The van der Waals surface area contributed by atoms with Gasteiger partial charge in [-0.25, -0.2) is 9.97 Å². The summed E-state index contributed by atoms with van der Waals surface area (Å²) in [5.74, 6) is 0.407. The Labute approximate surface area is 203 Å². The highest BCUT2D eigenvalue weighted by molar-refractivity contribution is 6.07. The van der Waals surface area contributed by atoms with E-state index in [1.54, 1.807) is 36.1 Å². The maximum absolute atomic E-state index is 13.0. The van der Waals surface area contributed by atoms with E-state index in [0.29, 0.717) is 29.2 Å². The lowest BCUT2D eigenvalue weighted by Crippen LogP contribution is -2.21. The number of carbonyl (C=O) groups excluding carboxylic acids is 1. The molecule has 0 aliphatic carbocycles. The molecule has 0 bridgehead atoms. The van der Waals surface area contributed by atoms with E-state index in [1.165, 1.54) is 12.1 Å². The van der Waals surface area contributed by atoms with E-state index in [0.717, 1.165) is 23.5 Å². The Balaban J connectivity index is 1.62. The number of ketones is 1. The quantitative estimate of drug-likeness (QED) is 0.300. The van der Waals surface area contributed by atoms with E-state index in [9.17, 15) is 9.59 Å². The first-order valence-electron chi connectivity index (χ1n) is 11.1. The molecule has 0 unspecified atom stereocenters. The molecular weight excluding hydrogens is 442 g/mol. The molecule has 0 saturated heterocycles. The molecule has 9 heteroatoms. The number of hydrogen-bond acceptors (Lipinski definition) is 7. The van der Waals surface area contributed by atoms with Crippen molar-refractivity contribution in [1.29, 1.82) is 0 Å². The fraction of sp³-hybridized carbons (Fsp3) is 0.192. The van der Waals surface area contributed by atoms with Crippen molar-refractivity contribution < 1.29 is 4.79 Å². The summed E-state index contributed by atoms with van der Waals surface area (Å²) in [5.41, 5.74) is 10.1. The second-order valence-corrected chi connectivity index (χ2v) is 8.22. The van der Waals surface area contributed by atoms with Gasteiger partial charge in [-0.15, -0.1) is 0 Å². The van der Waals surface area contributed by atoms with Crippen LogP contribution in [0.25, 0.3) is 17.0 Å². The summed E-state index contributed by atoms with van der Waals surface area (Å²) in [6, 6.07) is 10.8. The average molecular weight is 470 g/mol. The minimum absolute atomic E-state index is 0.162. The Hall–Kier alpha value is -4.37. The predicted octanol–water partition coefficient (Wildman–Crippen LogP) is 2.30. The molecule has 0 saturated carbocycles. The summed E-state index contributed by atoms with van der Waals surface area (Å²) in [6.07, 6.45) is 8.16. The zero-order valence-electron chi connectivity index (χ0n) is 19.9. The smallest absolute Gasteiger partial charge is 0.250 e. The number of aromatic nitrogens is 5. The number of carbonyl (C=O) groups is 1. The van der Waals surface area contributed by atoms with Crippen LogP contribution in [0.4, 0.5) is 0 Å². The highest BCUT2D eigenvalue weighted by atomic mass is 16.1. The molecule has 3 aromatic heterocycles. The van der Waals surface area contributed by atoms with Crippen molar-refractivity contribution in [1.82, 2.24) is 29.4 Å². The number of rotatable bonds is 8. The van der Waals surface area contributed by atoms with Gasteiger partial charge in [-0.1, -0.05) is 24.3 Å². The highest BCUT2D eigenvalue weighted by Gasteiger charge is 2.14. The van der Waals surface area contributed by atoms with Gasteiger partial charge in [0, 0.05) is 55.6 Å². The van der Waals surface area contributed by atoms with Gasteiger partial charge < -0.3 is 20.2 Å². The first-order valence-corrected chi connectivity index (χ1v) is 11.1. The summed E-state index contributed by atoms with van der Waals surface area (Å²) >= 11 is 0. The van der Waals surface area contributed by atoms with E-state index in [1.807, 2.05) is 49.1 Å². The van der Waals surface area contributed by atoms with Crippen LogP contribution in [0.3, 0.4) is 0 Å². The van der Waals surface area contributed by atoms with Crippen molar-refractivity contribution in [3.05, 3.63) is 106 Å². The van der Waals surface area contributed by atoms with Gasteiger partial charge in [-0.3, -0.25) is 14.6 Å². The fourth-order valence-corrected chi connectivity index (χ4v) is 3.64. The lowest BCUT2D eigenvalue weighted by Gasteiger charge is -2.10. The van der Waals surface area contributed by atoms with E-state index in [-0.39, 0.29) is 17.0 Å². The molecule has 1 aromatic carbocycles. The number of benzene rings is 1. The first kappa shape index (κ1) is 23.8. The van der Waals surface area contributed by atoms with Crippen molar-refractivity contribution in [2.45, 2.75) is 20.0 Å². The van der Waals surface area contributed by atoms with Crippen LogP contribution in [0.2, 0.25) is 0 Å². The zero-order chi connectivity index (χ0) is 24.9.